The predicted molar refractivity (Wildman–Crippen MR) is 68.2 cm³/mol. The second kappa shape index (κ2) is 4.35. The van der Waals surface area contributed by atoms with Gasteiger partial charge in [0.05, 0.1) is 5.69 Å². The molecule has 2 rings (SSSR count). The van der Waals surface area contributed by atoms with E-state index in [-0.39, 0.29) is 0 Å². The Morgan fingerprint density at radius 3 is 2.38 bits per heavy atom. The van der Waals surface area contributed by atoms with E-state index >= 15 is 0 Å². The summed E-state index contributed by atoms with van der Waals surface area (Å²) in [5.74, 6) is 0.509. The Morgan fingerprint density at radius 2 is 1.81 bits per heavy atom. The van der Waals surface area contributed by atoms with Gasteiger partial charge in [0.1, 0.15) is 0 Å². The Labute approximate surface area is 96.1 Å². The highest BCUT2D eigenvalue weighted by atomic mass is 14.7. The minimum absolute atomic E-state index is 0.509. The molecule has 2 aromatic rings. The van der Waals surface area contributed by atoms with Crippen LogP contribution in [0.3, 0.4) is 0 Å². The van der Waals surface area contributed by atoms with Crippen LogP contribution in [0.4, 0.5) is 5.69 Å². The summed E-state index contributed by atoms with van der Waals surface area (Å²) >= 11 is 0. The number of rotatable bonds is 2. The Hall–Kier alpha value is -1.83. The van der Waals surface area contributed by atoms with Gasteiger partial charge in [-0.3, -0.25) is 4.98 Å². The number of nitrogen functional groups attached to an aromatic ring is 1. The third-order valence-corrected chi connectivity index (χ3v) is 2.69. The van der Waals surface area contributed by atoms with Gasteiger partial charge in [0, 0.05) is 17.4 Å². The summed E-state index contributed by atoms with van der Waals surface area (Å²) in [5.41, 5.74) is 9.86. The van der Waals surface area contributed by atoms with Crippen LogP contribution in [0.5, 0.6) is 0 Å². The minimum Gasteiger partial charge on any atom is -0.398 e. The van der Waals surface area contributed by atoms with Gasteiger partial charge in [0.2, 0.25) is 0 Å². The van der Waals surface area contributed by atoms with Crippen LogP contribution in [0.25, 0.3) is 11.3 Å². The lowest BCUT2D eigenvalue weighted by molar-refractivity contribution is 0.859. The van der Waals surface area contributed by atoms with Crippen LogP contribution in [-0.2, 0) is 0 Å². The SMILES string of the molecule is CC(C)c1ccc(-c2ccccc2N)nc1. The lowest BCUT2D eigenvalue weighted by atomic mass is 10.0. The number of anilines is 1. The van der Waals surface area contributed by atoms with Gasteiger partial charge in [-0.1, -0.05) is 38.1 Å². The highest BCUT2D eigenvalue weighted by Crippen LogP contribution is 2.24. The van der Waals surface area contributed by atoms with E-state index in [1.54, 1.807) is 0 Å². The normalized spacial score (nSPS) is 10.7. The molecule has 82 valence electrons. The van der Waals surface area contributed by atoms with Crippen molar-refractivity contribution in [2.24, 2.45) is 0 Å². The van der Waals surface area contributed by atoms with E-state index < -0.39 is 0 Å². The molecule has 0 bridgehead atoms. The zero-order valence-corrected chi connectivity index (χ0v) is 9.64. The number of hydrogen-bond donors (Lipinski definition) is 1. The number of nitrogens with zero attached hydrogens (tertiary/aromatic N) is 1. The van der Waals surface area contributed by atoms with Gasteiger partial charge in [-0.15, -0.1) is 0 Å². The first-order valence-electron chi connectivity index (χ1n) is 5.49. The number of nitrogens with two attached hydrogens (primary N) is 1. The molecule has 0 saturated carbocycles. The number of pyridine rings is 1. The Balaban J connectivity index is 2.39. The van der Waals surface area contributed by atoms with Crippen LogP contribution in [0.15, 0.2) is 42.6 Å². The minimum atomic E-state index is 0.509. The fraction of sp³-hybridized carbons (Fsp3) is 0.214. The number of hydrogen-bond acceptors (Lipinski definition) is 2. The largest absolute Gasteiger partial charge is 0.398 e. The maximum Gasteiger partial charge on any atom is 0.0722 e. The molecule has 0 aliphatic carbocycles. The van der Waals surface area contributed by atoms with E-state index in [0.29, 0.717) is 5.92 Å². The molecule has 2 nitrogen and oxygen atoms in total. The zero-order valence-electron chi connectivity index (χ0n) is 9.64. The lowest BCUT2D eigenvalue weighted by Crippen LogP contribution is -1.93. The van der Waals surface area contributed by atoms with E-state index in [1.807, 2.05) is 36.5 Å². The van der Waals surface area contributed by atoms with Gasteiger partial charge < -0.3 is 5.73 Å². The molecule has 0 amide bonds. The molecule has 0 radical (unpaired) electrons. The first-order valence-corrected chi connectivity index (χ1v) is 5.49. The van der Waals surface area contributed by atoms with Gasteiger partial charge in [-0.2, -0.15) is 0 Å². The lowest BCUT2D eigenvalue weighted by Gasteiger charge is -2.07. The van der Waals surface area contributed by atoms with Gasteiger partial charge in [0.15, 0.2) is 0 Å². The molecule has 0 unspecified atom stereocenters. The van der Waals surface area contributed by atoms with Gasteiger partial charge in [-0.25, -0.2) is 0 Å². The number of aromatic nitrogens is 1. The molecule has 1 aromatic heterocycles. The van der Waals surface area contributed by atoms with Crippen molar-refractivity contribution in [2.75, 3.05) is 5.73 Å². The predicted octanol–water partition coefficient (Wildman–Crippen LogP) is 3.45. The zero-order chi connectivity index (χ0) is 11.5. The molecule has 0 atom stereocenters. The summed E-state index contributed by atoms with van der Waals surface area (Å²) in [6.07, 6.45) is 1.92. The third kappa shape index (κ3) is 2.06. The van der Waals surface area contributed by atoms with E-state index in [4.69, 9.17) is 5.73 Å². The molecule has 16 heavy (non-hydrogen) atoms. The van der Waals surface area contributed by atoms with Crippen molar-refractivity contribution in [3.8, 4) is 11.3 Å². The molecule has 0 saturated heterocycles. The first kappa shape index (κ1) is 10.7. The van der Waals surface area contributed by atoms with Gasteiger partial charge in [-0.05, 0) is 23.6 Å². The average molecular weight is 212 g/mol. The summed E-state index contributed by atoms with van der Waals surface area (Å²) in [6, 6.07) is 11.9. The first-order chi connectivity index (χ1) is 7.68. The fourth-order valence-electron chi connectivity index (χ4n) is 1.64. The third-order valence-electron chi connectivity index (χ3n) is 2.69. The average Bonchev–Trinajstić information content (AvgIpc) is 2.30. The Kier molecular flexibility index (Phi) is 2.91. The summed E-state index contributed by atoms with van der Waals surface area (Å²) in [6.45, 7) is 4.32. The smallest absolute Gasteiger partial charge is 0.0722 e. The molecule has 0 fully saturated rings. The molecule has 0 spiro atoms. The van der Waals surface area contributed by atoms with Gasteiger partial charge in [0.25, 0.3) is 0 Å². The van der Waals surface area contributed by atoms with Crippen LogP contribution in [0, 0.1) is 0 Å². The molecular formula is C14H16N2. The second-order valence-corrected chi connectivity index (χ2v) is 4.22. The molecule has 1 heterocycles. The summed E-state index contributed by atoms with van der Waals surface area (Å²) < 4.78 is 0. The van der Waals surface area contributed by atoms with Crippen LogP contribution >= 0.6 is 0 Å². The van der Waals surface area contributed by atoms with Crippen LogP contribution in [0.1, 0.15) is 25.3 Å². The number of para-hydroxylation sites is 1. The fourth-order valence-corrected chi connectivity index (χ4v) is 1.64. The highest BCUT2D eigenvalue weighted by Gasteiger charge is 2.04. The van der Waals surface area contributed by atoms with E-state index in [0.717, 1.165) is 16.9 Å². The van der Waals surface area contributed by atoms with Crippen molar-refractivity contribution < 1.29 is 0 Å². The molecule has 0 aliphatic rings. The van der Waals surface area contributed by atoms with E-state index in [9.17, 15) is 0 Å². The molecular weight excluding hydrogens is 196 g/mol. The quantitative estimate of drug-likeness (QED) is 0.774. The van der Waals surface area contributed by atoms with Crippen LogP contribution in [-0.4, -0.2) is 4.98 Å². The molecule has 2 heteroatoms. The Bertz CT molecular complexity index is 472. The molecule has 0 aliphatic heterocycles. The summed E-state index contributed by atoms with van der Waals surface area (Å²) in [4.78, 5) is 4.45. The molecule has 1 aromatic carbocycles. The van der Waals surface area contributed by atoms with E-state index in [1.165, 1.54) is 5.56 Å². The number of benzene rings is 1. The maximum absolute atomic E-state index is 5.91. The van der Waals surface area contributed by atoms with Crippen molar-refractivity contribution in [3.05, 3.63) is 48.2 Å². The summed E-state index contributed by atoms with van der Waals surface area (Å²) in [7, 11) is 0. The van der Waals surface area contributed by atoms with Crippen LogP contribution in [0.2, 0.25) is 0 Å². The van der Waals surface area contributed by atoms with Crippen molar-refractivity contribution in [1.82, 2.24) is 4.98 Å². The monoisotopic (exact) mass is 212 g/mol. The summed E-state index contributed by atoms with van der Waals surface area (Å²) in [5, 5.41) is 0. The van der Waals surface area contributed by atoms with Crippen molar-refractivity contribution in [3.63, 3.8) is 0 Å². The molecule has 2 N–H and O–H groups in total. The topological polar surface area (TPSA) is 38.9 Å². The van der Waals surface area contributed by atoms with Crippen molar-refractivity contribution in [2.45, 2.75) is 19.8 Å². The van der Waals surface area contributed by atoms with Crippen molar-refractivity contribution in [1.29, 1.82) is 0 Å². The van der Waals surface area contributed by atoms with E-state index in [2.05, 4.69) is 24.9 Å². The Morgan fingerprint density at radius 1 is 1.06 bits per heavy atom. The van der Waals surface area contributed by atoms with Crippen molar-refractivity contribution >= 4 is 5.69 Å². The van der Waals surface area contributed by atoms with Crippen LogP contribution < -0.4 is 5.73 Å². The second-order valence-electron chi connectivity index (χ2n) is 4.22. The standard InChI is InChI=1S/C14H16N2/c1-10(2)11-7-8-14(16-9-11)12-5-3-4-6-13(12)15/h3-10H,15H2,1-2H3. The van der Waals surface area contributed by atoms with Gasteiger partial charge >= 0.3 is 0 Å². The highest BCUT2D eigenvalue weighted by molar-refractivity contribution is 5.73. The maximum atomic E-state index is 5.91.